The van der Waals surface area contributed by atoms with Crippen LogP contribution >= 0.6 is 0 Å². The van der Waals surface area contributed by atoms with Gasteiger partial charge in [-0.2, -0.15) is 4.31 Å². The summed E-state index contributed by atoms with van der Waals surface area (Å²) in [5, 5.41) is 14.1. The topological polar surface area (TPSA) is 105 Å². The number of fused-ring (bicyclic) bond motifs is 1. The van der Waals surface area contributed by atoms with Crippen LogP contribution in [0.1, 0.15) is 39.2 Å². The number of nitrogens with zero attached hydrogens (tertiary/aromatic N) is 1. The van der Waals surface area contributed by atoms with Gasteiger partial charge in [-0.1, -0.05) is 51.1 Å². The average molecular weight is 491 g/mol. The molecule has 0 aromatic heterocycles. The molecule has 186 valence electrons. The zero-order valence-corrected chi connectivity index (χ0v) is 20.8. The fourth-order valence-corrected chi connectivity index (χ4v) is 5.50. The number of aliphatic hydroxyl groups is 1. The third-order valence-electron chi connectivity index (χ3n) is 5.53. The standard InChI is InChI=1S/C25H34N2O6S/c1-4-8-25(29)26-21(13-19-9-6-5-7-10-19)22(28)16-27(15-18(2)3)34(30,31)20-11-12-23-24(14-20)33-17-32-23/h5-7,9-12,14,18,21-22,28H,4,8,13,15-17H2,1-3H3,(H,26,29)/t21-,22+/m0/s1. The van der Waals surface area contributed by atoms with Crippen molar-refractivity contribution in [2.75, 3.05) is 19.9 Å². The van der Waals surface area contributed by atoms with Gasteiger partial charge in [-0.25, -0.2) is 8.42 Å². The Kier molecular flexibility index (Phi) is 8.93. The second kappa shape index (κ2) is 11.7. The van der Waals surface area contributed by atoms with Crippen LogP contribution in [0.3, 0.4) is 0 Å². The van der Waals surface area contributed by atoms with E-state index >= 15 is 0 Å². The number of nitrogens with one attached hydrogen (secondary N) is 1. The summed E-state index contributed by atoms with van der Waals surface area (Å²) < 4.78 is 39.0. The van der Waals surface area contributed by atoms with Crippen molar-refractivity contribution >= 4 is 15.9 Å². The van der Waals surface area contributed by atoms with Crippen LogP contribution in [0.2, 0.25) is 0 Å². The van der Waals surface area contributed by atoms with Crippen LogP contribution in [0.5, 0.6) is 11.5 Å². The van der Waals surface area contributed by atoms with Crippen molar-refractivity contribution in [1.82, 2.24) is 9.62 Å². The molecule has 0 unspecified atom stereocenters. The van der Waals surface area contributed by atoms with E-state index in [1.54, 1.807) is 6.07 Å². The van der Waals surface area contributed by atoms with Gasteiger partial charge in [-0.15, -0.1) is 0 Å². The number of carbonyl (C=O) groups excluding carboxylic acids is 1. The van der Waals surface area contributed by atoms with Crippen molar-refractivity contribution in [3.05, 3.63) is 54.1 Å². The number of aliphatic hydroxyl groups excluding tert-OH is 1. The highest BCUT2D eigenvalue weighted by atomic mass is 32.2. The highest BCUT2D eigenvalue weighted by Gasteiger charge is 2.32. The normalized spacial score (nSPS) is 14.9. The van der Waals surface area contributed by atoms with Gasteiger partial charge < -0.3 is 19.9 Å². The maximum atomic E-state index is 13.5. The predicted molar refractivity (Wildman–Crippen MR) is 129 cm³/mol. The number of amides is 1. The van der Waals surface area contributed by atoms with Gasteiger partial charge >= 0.3 is 0 Å². The van der Waals surface area contributed by atoms with Crippen LogP contribution in [-0.2, 0) is 21.2 Å². The summed E-state index contributed by atoms with van der Waals surface area (Å²) in [5.74, 6) is 0.727. The van der Waals surface area contributed by atoms with E-state index in [0.29, 0.717) is 30.8 Å². The Morgan fingerprint density at radius 1 is 1.09 bits per heavy atom. The van der Waals surface area contributed by atoms with Crippen molar-refractivity contribution in [2.24, 2.45) is 5.92 Å². The molecular formula is C25H34N2O6S. The third-order valence-corrected chi connectivity index (χ3v) is 7.36. The molecule has 2 atom stereocenters. The molecule has 0 radical (unpaired) electrons. The van der Waals surface area contributed by atoms with Gasteiger partial charge in [0.05, 0.1) is 17.0 Å². The van der Waals surface area contributed by atoms with Crippen LogP contribution in [0, 0.1) is 5.92 Å². The van der Waals surface area contributed by atoms with E-state index in [9.17, 15) is 18.3 Å². The van der Waals surface area contributed by atoms with Gasteiger partial charge in [0.1, 0.15) is 0 Å². The van der Waals surface area contributed by atoms with Gasteiger partial charge in [0, 0.05) is 25.6 Å². The van der Waals surface area contributed by atoms with Gasteiger partial charge in [-0.05, 0) is 36.5 Å². The van der Waals surface area contributed by atoms with Crippen LogP contribution < -0.4 is 14.8 Å². The monoisotopic (exact) mass is 490 g/mol. The highest BCUT2D eigenvalue weighted by Crippen LogP contribution is 2.34. The van der Waals surface area contributed by atoms with E-state index in [2.05, 4.69) is 5.32 Å². The SMILES string of the molecule is CCCC(=O)N[C@@H](Cc1ccccc1)[C@H](O)CN(CC(C)C)S(=O)(=O)c1ccc2c(c1)OCO2. The molecule has 0 saturated carbocycles. The minimum absolute atomic E-state index is 0.0261. The maximum Gasteiger partial charge on any atom is 0.243 e. The van der Waals surface area contributed by atoms with E-state index < -0.39 is 22.2 Å². The second-order valence-electron chi connectivity index (χ2n) is 8.91. The minimum Gasteiger partial charge on any atom is -0.454 e. The molecule has 1 heterocycles. The molecule has 1 aliphatic heterocycles. The zero-order chi connectivity index (χ0) is 24.7. The Hall–Kier alpha value is -2.62. The third kappa shape index (κ3) is 6.71. The van der Waals surface area contributed by atoms with Crippen molar-refractivity contribution in [3.63, 3.8) is 0 Å². The van der Waals surface area contributed by atoms with E-state index in [1.165, 1.54) is 16.4 Å². The fraction of sp³-hybridized carbons (Fsp3) is 0.480. The Morgan fingerprint density at radius 2 is 1.79 bits per heavy atom. The molecule has 1 amide bonds. The first-order valence-corrected chi connectivity index (χ1v) is 13.1. The summed E-state index contributed by atoms with van der Waals surface area (Å²) in [6, 6.07) is 13.4. The molecule has 0 fully saturated rings. The summed E-state index contributed by atoms with van der Waals surface area (Å²) in [6.45, 7) is 5.85. The lowest BCUT2D eigenvalue weighted by Crippen LogP contribution is -2.51. The molecule has 9 heteroatoms. The molecule has 3 rings (SSSR count). The summed E-state index contributed by atoms with van der Waals surface area (Å²) in [7, 11) is -3.93. The Bertz CT molecular complexity index is 1060. The maximum absolute atomic E-state index is 13.5. The van der Waals surface area contributed by atoms with E-state index in [1.807, 2.05) is 51.1 Å². The van der Waals surface area contributed by atoms with Crippen molar-refractivity contribution < 1.29 is 27.8 Å². The van der Waals surface area contributed by atoms with Gasteiger partial charge in [0.2, 0.25) is 22.7 Å². The molecule has 0 bridgehead atoms. The Labute approximate surface area is 201 Å². The lowest BCUT2D eigenvalue weighted by Gasteiger charge is -2.30. The predicted octanol–water partition coefficient (Wildman–Crippen LogP) is 2.95. The number of ether oxygens (including phenoxy) is 2. The van der Waals surface area contributed by atoms with Crippen molar-refractivity contribution in [1.29, 1.82) is 0 Å². The zero-order valence-electron chi connectivity index (χ0n) is 19.9. The first kappa shape index (κ1) is 26.0. The summed E-state index contributed by atoms with van der Waals surface area (Å²) >= 11 is 0. The van der Waals surface area contributed by atoms with Crippen LogP contribution in [-0.4, -0.2) is 55.8 Å². The molecular weight excluding hydrogens is 456 g/mol. The molecule has 2 aromatic carbocycles. The van der Waals surface area contributed by atoms with Gasteiger partial charge in [0.15, 0.2) is 11.5 Å². The molecule has 1 aliphatic rings. The summed E-state index contributed by atoms with van der Waals surface area (Å²) in [6.07, 6.45) is 0.293. The summed E-state index contributed by atoms with van der Waals surface area (Å²) in [4.78, 5) is 12.4. The van der Waals surface area contributed by atoms with Crippen LogP contribution in [0.25, 0.3) is 0 Å². The molecule has 2 N–H and O–H groups in total. The van der Waals surface area contributed by atoms with Crippen LogP contribution in [0.4, 0.5) is 0 Å². The van der Waals surface area contributed by atoms with Crippen molar-refractivity contribution in [3.8, 4) is 11.5 Å². The van der Waals surface area contributed by atoms with Crippen LogP contribution in [0.15, 0.2) is 53.4 Å². The largest absolute Gasteiger partial charge is 0.454 e. The number of hydrogen-bond donors (Lipinski definition) is 2. The Balaban J connectivity index is 1.84. The molecule has 34 heavy (non-hydrogen) atoms. The number of rotatable bonds is 12. The van der Waals surface area contributed by atoms with E-state index in [4.69, 9.17) is 9.47 Å². The number of carbonyl (C=O) groups is 1. The van der Waals surface area contributed by atoms with E-state index in [0.717, 1.165) is 5.56 Å². The lowest BCUT2D eigenvalue weighted by atomic mass is 10.0. The fourth-order valence-electron chi connectivity index (χ4n) is 3.86. The lowest BCUT2D eigenvalue weighted by molar-refractivity contribution is -0.122. The first-order valence-electron chi connectivity index (χ1n) is 11.6. The summed E-state index contributed by atoms with van der Waals surface area (Å²) in [5.41, 5.74) is 0.942. The van der Waals surface area contributed by atoms with Gasteiger partial charge in [-0.3, -0.25) is 4.79 Å². The number of hydrogen-bond acceptors (Lipinski definition) is 6. The average Bonchev–Trinajstić information content (AvgIpc) is 3.26. The second-order valence-corrected chi connectivity index (χ2v) is 10.8. The molecule has 0 saturated heterocycles. The smallest absolute Gasteiger partial charge is 0.243 e. The molecule has 0 aliphatic carbocycles. The number of benzene rings is 2. The van der Waals surface area contributed by atoms with Gasteiger partial charge in [0.25, 0.3) is 0 Å². The minimum atomic E-state index is -3.93. The van der Waals surface area contributed by atoms with Crippen molar-refractivity contribution in [2.45, 2.75) is 57.1 Å². The highest BCUT2D eigenvalue weighted by molar-refractivity contribution is 7.89. The van der Waals surface area contributed by atoms with E-state index in [-0.39, 0.29) is 36.6 Å². The molecule has 2 aromatic rings. The number of sulfonamides is 1. The molecule has 8 nitrogen and oxygen atoms in total. The Morgan fingerprint density at radius 3 is 2.47 bits per heavy atom. The quantitative estimate of drug-likeness (QED) is 0.474. The molecule has 0 spiro atoms. The first-order chi connectivity index (χ1) is 16.2.